The number of aromatic amines is 1. The summed E-state index contributed by atoms with van der Waals surface area (Å²) in [6.07, 6.45) is 0. The van der Waals surface area contributed by atoms with Gasteiger partial charge in [0.2, 0.25) is 0 Å². The van der Waals surface area contributed by atoms with Gasteiger partial charge in [-0.05, 0) is 30.4 Å². The predicted octanol–water partition coefficient (Wildman–Crippen LogP) is 1.34. The van der Waals surface area contributed by atoms with Gasteiger partial charge in [0.25, 0.3) is 5.56 Å². The molecule has 7 heteroatoms. The molecule has 1 aliphatic rings. The molecule has 6 nitrogen and oxygen atoms in total. The molecule has 3 rings (SSSR count). The second-order valence-electron chi connectivity index (χ2n) is 4.56. The summed E-state index contributed by atoms with van der Waals surface area (Å²) in [5.74, 6) is 1.32. The van der Waals surface area contributed by atoms with Crippen molar-refractivity contribution in [3.05, 3.63) is 39.4 Å². The minimum absolute atomic E-state index is 0.0715. The highest BCUT2D eigenvalue weighted by molar-refractivity contribution is 7.71. The Kier molecular flexibility index (Phi) is 3.76. The second kappa shape index (κ2) is 5.71. The molecule has 2 heterocycles. The number of aliphatic hydroxyl groups excluding tert-OH is 1. The van der Waals surface area contributed by atoms with Crippen LogP contribution in [0.2, 0.25) is 0 Å². The summed E-state index contributed by atoms with van der Waals surface area (Å²) in [5, 5.41) is 9.17. The molecule has 0 saturated carbocycles. The highest BCUT2D eigenvalue weighted by Crippen LogP contribution is 2.34. The minimum Gasteiger partial charge on any atom is -0.486 e. The van der Waals surface area contributed by atoms with E-state index >= 15 is 0 Å². The van der Waals surface area contributed by atoms with Crippen LogP contribution in [0, 0.1) is 4.77 Å². The van der Waals surface area contributed by atoms with Crippen molar-refractivity contribution in [3.63, 3.8) is 0 Å². The van der Waals surface area contributed by atoms with Gasteiger partial charge >= 0.3 is 0 Å². The SMILES string of the molecule is O=c1cc(-c2ccc3c(c2)OCCO3)n(CCO)c(=S)[nH]1. The topological polar surface area (TPSA) is 76.5 Å². The zero-order valence-corrected chi connectivity index (χ0v) is 12.0. The quantitative estimate of drug-likeness (QED) is 0.837. The van der Waals surface area contributed by atoms with Crippen LogP contribution in [-0.4, -0.2) is 34.5 Å². The maximum Gasteiger partial charge on any atom is 0.252 e. The first-order valence-electron chi connectivity index (χ1n) is 6.54. The summed E-state index contributed by atoms with van der Waals surface area (Å²) in [6.45, 7) is 1.25. The maximum atomic E-state index is 11.7. The lowest BCUT2D eigenvalue weighted by atomic mass is 10.1. The minimum atomic E-state index is -0.279. The van der Waals surface area contributed by atoms with E-state index in [0.29, 0.717) is 37.0 Å². The molecule has 2 N–H and O–H groups in total. The Labute approximate surface area is 125 Å². The van der Waals surface area contributed by atoms with E-state index in [1.54, 1.807) is 10.6 Å². The molecule has 0 aliphatic carbocycles. The van der Waals surface area contributed by atoms with Crippen LogP contribution in [0.4, 0.5) is 0 Å². The number of benzene rings is 1. The molecule has 0 fully saturated rings. The fourth-order valence-electron chi connectivity index (χ4n) is 2.28. The van der Waals surface area contributed by atoms with Crippen molar-refractivity contribution in [1.82, 2.24) is 9.55 Å². The Morgan fingerprint density at radius 3 is 2.76 bits per heavy atom. The fraction of sp³-hybridized carbons (Fsp3) is 0.286. The standard InChI is InChI=1S/C14H14N2O4S/c17-4-3-16-10(8-13(18)15-14(16)21)9-1-2-11-12(7-9)20-6-5-19-11/h1-2,7-8,17H,3-6H2,(H,15,18,21). The van der Waals surface area contributed by atoms with Crippen LogP contribution in [-0.2, 0) is 6.54 Å². The van der Waals surface area contributed by atoms with Crippen LogP contribution >= 0.6 is 12.2 Å². The molecular formula is C14H14N2O4S. The number of fused-ring (bicyclic) bond motifs is 1. The number of rotatable bonds is 3. The van der Waals surface area contributed by atoms with Crippen molar-refractivity contribution in [2.75, 3.05) is 19.8 Å². The van der Waals surface area contributed by atoms with Crippen molar-refractivity contribution in [2.24, 2.45) is 0 Å². The summed E-state index contributed by atoms with van der Waals surface area (Å²) in [4.78, 5) is 14.2. The summed E-state index contributed by atoms with van der Waals surface area (Å²) >= 11 is 5.15. The third-order valence-electron chi connectivity index (χ3n) is 3.20. The third kappa shape index (κ3) is 2.70. The van der Waals surface area contributed by atoms with E-state index < -0.39 is 0 Å². The number of hydrogen-bond acceptors (Lipinski definition) is 5. The van der Waals surface area contributed by atoms with Gasteiger partial charge in [0.15, 0.2) is 16.3 Å². The van der Waals surface area contributed by atoms with E-state index in [2.05, 4.69) is 4.98 Å². The Bertz CT molecular complexity index is 781. The number of ether oxygens (including phenoxy) is 2. The fourth-order valence-corrected chi connectivity index (χ4v) is 2.57. The second-order valence-corrected chi connectivity index (χ2v) is 4.94. The molecule has 0 saturated heterocycles. The molecule has 0 spiro atoms. The molecule has 0 bridgehead atoms. The highest BCUT2D eigenvalue weighted by Gasteiger charge is 2.14. The van der Waals surface area contributed by atoms with Crippen LogP contribution < -0.4 is 15.0 Å². The lowest BCUT2D eigenvalue weighted by Crippen LogP contribution is -2.17. The Balaban J connectivity index is 2.15. The van der Waals surface area contributed by atoms with E-state index in [9.17, 15) is 9.90 Å². The average molecular weight is 306 g/mol. The van der Waals surface area contributed by atoms with Crippen molar-refractivity contribution in [3.8, 4) is 22.8 Å². The highest BCUT2D eigenvalue weighted by atomic mass is 32.1. The number of aromatic nitrogens is 2. The van der Waals surface area contributed by atoms with E-state index in [-0.39, 0.29) is 16.9 Å². The van der Waals surface area contributed by atoms with E-state index in [1.807, 2.05) is 12.1 Å². The molecule has 110 valence electrons. The molecule has 0 unspecified atom stereocenters. The van der Waals surface area contributed by atoms with Crippen LogP contribution in [0.3, 0.4) is 0 Å². The van der Waals surface area contributed by atoms with E-state index in [4.69, 9.17) is 21.7 Å². The summed E-state index contributed by atoms with van der Waals surface area (Å²) < 4.78 is 13.0. The first-order chi connectivity index (χ1) is 10.2. The molecule has 0 amide bonds. The van der Waals surface area contributed by atoms with Crippen molar-refractivity contribution in [2.45, 2.75) is 6.54 Å². The summed E-state index contributed by atoms with van der Waals surface area (Å²) in [5.41, 5.74) is 1.14. The number of H-pyrrole nitrogens is 1. The molecule has 2 aromatic rings. The molecule has 0 atom stereocenters. The lowest BCUT2D eigenvalue weighted by Gasteiger charge is -2.20. The smallest absolute Gasteiger partial charge is 0.252 e. The third-order valence-corrected chi connectivity index (χ3v) is 3.52. The maximum absolute atomic E-state index is 11.7. The predicted molar refractivity (Wildman–Crippen MR) is 79.4 cm³/mol. The summed E-state index contributed by atoms with van der Waals surface area (Å²) in [7, 11) is 0. The number of hydrogen-bond donors (Lipinski definition) is 2. The van der Waals surface area contributed by atoms with Gasteiger partial charge in [-0.1, -0.05) is 0 Å². The van der Waals surface area contributed by atoms with Gasteiger partial charge in [-0.15, -0.1) is 0 Å². The monoisotopic (exact) mass is 306 g/mol. The molecular weight excluding hydrogens is 292 g/mol. The van der Waals surface area contributed by atoms with Crippen LogP contribution in [0.5, 0.6) is 11.5 Å². The van der Waals surface area contributed by atoms with Gasteiger partial charge in [0.1, 0.15) is 13.2 Å². The van der Waals surface area contributed by atoms with Crippen molar-refractivity contribution < 1.29 is 14.6 Å². The Morgan fingerprint density at radius 2 is 2.00 bits per heavy atom. The zero-order valence-electron chi connectivity index (χ0n) is 11.2. The van der Waals surface area contributed by atoms with Gasteiger partial charge in [-0.2, -0.15) is 0 Å². The average Bonchev–Trinajstić information content (AvgIpc) is 2.49. The largest absolute Gasteiger partial charge is 0.486 e. The molecule has 1 aromatic carbocycles. The molecule has 1 aliphatic heterocycles. The molecule has 1 aromatic heterocycles. The van der Waals surface area contributed by atoms with Crippen LogP contribution in [0.1, 0.15) is 0 Å². The molecule has 21 heavy (non-hydrogen) atoms. The van der Waals surface area contributed by atoms with Gasteiger partial charge in [0.05, 0.1) is 12.3 Å². The van der Waals surface area contributed by atoms with Gasteiger partial charge in [-0.3, -0.25) is 9.78 Å². The van der Waals surface area contributed by atoms with Gasteiger partial charge < -0.3 is 19.1 Å². The van der Waals surface area contributed by atoms with Gasteiger partial charge in [0, 0.05) is 18.2 Å². The number of aliphatic hydroxyl groups is 1. The summed E-state index contributed by atoms with van der Waals surface area (Å²) in [6, 6.07) is 6.91. The van der Waals surface area contributed by atoms with Crippen LogP contribution in [0.15, 0.2) is 29.1 Å². The molecule has 0 radical (unpaired) electrons. The van der Waals surface area contributed by atoms with E-state index in [1.165, 1.54) is 6.07 Å². The number of nitrogens with one attached hydrogen (secondary N) is 1. The first-order valence-corrected chi connectivity index (χ1v) is 6.95. The van der Waals surface area contributed by atoms with Crippen molar-refractivity contribution >= 4 is 12.2 Å². The lowest BCUT2D eigenvalue weighted by molar-refractivity contribution is 0.171. The van der Waals surface area contributed by atoms with Gasteiger partial charge in [-0.25, -0.2) is 0 Å². The zero-order chi connectivity index (χ0) is 14.8. The normalized spacial score (nSPS) is 13.2. The van der Waals surface area contributed by atoms with Crippen molar-refractivity contribution in [1.29, 1.82) is 0 Å². The Hall–Kier alpha value is -2.12. The van der Waals surface area contributed by atoms with E-state index in [0.717, 1.165) is 5.56 Å². The first kappa shape index (κ1) is 13.8. The number of nitrogens with zero attached hydrogens (tertiary/aromatic N) is 1. The Morgan fingerprint density at radius 1 is 1.24 bits per heavy atom. The van der Waals surface area contributed by atoms with Crippen LogP contribution in [0.25, 0.3) is 11.3 Å².